The first-order chi connectivity index (χ1) is 18.1. The number of carboxylic acid groups (broad SMARTS) is 1. The van der Waals surface area contributed by atoms with Crippen molar-refractivity contribution in [2.24, 2.45) is 0 Å². The summed E-state index contributed by atoms with van der Waals surface area (Å²) in [5.41, 5.74) is 1.14. The second-order valence-electron chi connectivity index (χ2n) is 8.66. The molecule has 200 valence electrons. The molecule has 4 aromatic rings. The number of rotatable bonds is 7. The van der Waals surface area contributed by atoms with Crippen molar-refractivity contribution in [1.82, 2.24) is 24.5 Å². The third-order valence-corrected chi connectivity index (χ3v) is 8.50. The van der Waals surface area contributed by atoms with Crippen LogP contribution in [0.5, 0.6) is 0 Å². The molecule has 0 radical (unpaired) electrons. The highest BCUT2D eigenvalue weighted by molar-refractivity contribution is 7.93. The predicted octanol–water partition coefficient (Wildman–Crippen LogP) is 3.94. The molecule has 15 heteroatoms. The Morgan fingerprint density at radius 3 is 2.61 bits per heavy atom. The number of anilines is 1. The molecule has 1 aliphatic rings. The maximum atomic E-state index is 14.1. The van der Waals surface area contributed by atoms with E-state index in [-0.39, 0.29) is 44.1 Å². The third-order valence-electron chi connectivity index (χ3n) is 6.23. The predicted molar refractivity (Wildman–Crippen MR) is 128 cm³/mol. The Kier molecular flexibility index (Phi) is 6.69. The molecule has 1 saturated heterocycles. The SMILES string of the molecule is O=C(O)N1CCC(S(=O)(=O)N(Cc2cn3ccc(-c4nnc(C(F)F)o4)cc3n2)c2cccc(F)c2)CC1. The lowest BCUT2D eigenvalue weighted by molar-refractivity contribution is 0.116. The zero-order valence-corrected chi connectivity index (χ0v) is 20.4. The molecule has 1 fully saturated rings. The van der Waals surface area contributed by atoms with Crippen LogP contribution in [0.1, 0.15) is 30.9 Å². The van der Waals surface area contributed by atoms with E-state index in [0.29, 0.717) is 16.9 Å². The van der Waals surface area contributed by atoms with Crippen LogP contribution >= 0.6 is 0 Å². The Bertz CT molecular complexity index is 1580. The normalized spacial score (nSPS) is 14.9. The van der Waals surface area contributed by atoms with Gasteiger partial charge in [-0.3, -0.25) is 4.31 Å². The van der Waals surface area contributed by atoms with Crippen molar-refractivity contribution in [1.29, 1.82) is 0 Å². The van der Waals surface area contributed by atoms with Crippen molar-refractivity contribution < 1.29 is 35.9 Å². The number of pyridine rings is 1. The third kappa shape index (κ3) is 5.01. The Balaban J connectivity index is 1.45. The van der Waals surface area contributed by atoms with Gasteiger partial charge in [-0.15, -0.1) is 10.2 Å². The van der Waals surface area contributed by atoms with Gasteiger partial charge in [-0.1, -0.05) is 6.07 Å². The standard InChI is InChI=1S/C23H21F3N6O5S/c24-15-2-1-3-17(11-15)32(38(35,36)18-5-8-30(9-6-18)23(33)34)13-16-12-31-7-4-14(10-19(31)27-16)21-28-29-22(37-21)20(25)26/h1-4,7,10-12,18,20H,5-6,8-9,13H2,(H,33,34). The molecule has 4 heterocycles. The molecule has 1 N–H and O–H groups in total. The van der Waals surface area contributed by atoms with Gasteiger partial charge in [0.1, 0.15) is 11.5 Å². The second kappa shape index (κ2) is 9.96. The van der Waals surface area contributed by atoms with E-state index in [1.54, 1.807) is 22.9 Å². The summed E-state index contributed by atoms with van der Waals surface area (Å²) in [4.78, 5) is 16.9. The number of carbonyl (C=O) groups is 1. The molecule has 1 aliphatic heterocycles. The molecule has 0 spiro atoms. The summed E-state index contributed by atoms with van der Waals surface area (Å²) >= 11 is 0. The van der Waals surface area contributed by atoms with E-state index in [2.05, 4.69) is 15.2 Å². The van der Waals surface area contributed by atoms with Gasteiger partial charge in [-0.2, -0.15) is 8.78 Å². The maximum absolute atomic E-state index is 14.1. The van der Waals surface area contributed by atoms with Crippen LogP contribution in [0, 0.1) is 5.82 Å². The van der Waals surface area contributed by atoms with Crippen molar-refractivity contribution in [2.75, 3.05) is 17.4 Å². The first-order valence-electron chi connectivity index (χ1n) is 11.5. The molecule has 5 rings (SSSR count). The monoisotopic (exact) mass is 550 g/mol. The average Bonchev–Trinajstić information content (AvgIpc) is 3.54. The summed E-state index contributed by atoms with van der Waals surface area (Å²) < 4.78 is 74.8. The minimum absolute atomic E-state index is 0.0658. The van der Waals surface area contributed by atoms with E-state index >= 15 is 0 Å². The number of imidazole rings is 1. The van der Waals surface area contributed by atoms with Gasteiger partial charge in [0.05, 0.1) is 23.2 Å². The number of alkyl halides is 2. The topological polar surface area (TPSA) is 134 Å². The lowest BCUT2D eigenvalue weighted by Gasteiger charge is -2.34. The van der Waals surface area contributed by atoms with Gasteiger partial charge in [0, 0.05) is 31.0 Å². The molecule has 11 nitrogen and oxygen atoms in total. The van der Waals surface area contributed by atoms with Crippen molar-refractivity contribution in [3.05, 3.63) is 66.2 Å². The number of halogens is 3. The lowest BCUT2D eigenvalue weighted by atomic mass is 10.1. The lowest BCUT2D eigenvalue weighted by Crippen LogP contribution is -2.46. The summed E-state index contributed by atoms with van der Waals surface area (Å²) in [5, 5.41) is 15.3. The van der Waals surface area contributed by atoms with Crippen LogP contribution in [0.25, 0.3) is 17.1 Å². The first kappa shape index (κ1) is 25.5. The highest BCUT2D eigenvalue weighted by Crippen LogP contribution is 2.29. The number of hydrogen-bond acceptors (Lipinski definition) is 7. The fraction of sp³-hybridized carbons (Fsp3) is 0.304. The van der Waals surface area contributed by atoms with Crippen molar-refractivity contribution >= 4 is 27.5 Å². The van der Waals surface area contributed by atoms with Gasteiger partial charge < -0.3 is 18.8 Å². The highest BCUT2D eigenvalue weighted by atomic mass is 32.2. The number of amides is 1. The van der Waals surface area contributed by atoms with Crippen LogP contribution in [0.15, 0.2) is 53.2 Å². The van der Waals surface area contributed by atoms with Crippen molar-refractivity contribution in [3.63, 3.8) is 0 Å². The number of benzene rings is 1. The molecular weight excluding hydrogens is 529 g/mol. The van der Waals surface area contributed by atoms with Gasteiger partial charge in [0.15, 0.2) is 0 Å². The van der Waals surface area contributed by atoms with Gasteiger partial charge in [-0.05, 0) is 43.2 Å². The molecular formula is C23H21F3N6O5S. The summed E-state index contributed by atoms with van der Waals surface area (Å²) in [6, 6.07) is 8.25. The highest BCUT2D eigenvalue weighted by Gasteiger charge is 2.36. The molecule has 0 saturated carbocycles. The summed E-state index contributed by atoms with van der Waals surface area (Å²) in [6.45, 7) is -0.0926. The van der Waals surface area contributed by atoms with E-state index in [0.717, 1.165) is 15.3 Å². The first-order valence-corrected chi connectivity index (χ1v) is 13.0. The number of piperidine rings is 1. The Labute approximate surface area is 214 Å². The quantitative estimate of drug-likeness (QED) is 0.366. The number of nitrogens with zero attached hydrogens (tertiary/aromatic N) is 6. The minimum Gasteiger partial charge on any atom is -0.465 e. The van der Waals surface area contributed by atoms with Gasteiger partial charge in [0.25, 0.3) is 5.89 Å². The summed E-state index contributed by atoms with van der Waals surface area (Å²) in [6.07, 6.45) is -0.662. The number of aromatic nitrogens is 4. The number of hydrogen-bond donors (Lipinski definition) is 1. The van der Waals surface area contributed by atoms with Crippen LogP contribution in [-0.2, 0) is 16.6 Å². The Hall–Kier alpha value is -4.14. The maximum Gasteiger partial charge on any atom is 0.407 e. The Morgan fingerprint density at radius 1 is 1.18 bits per heavy atom. The van der Waals surface area contributed by atoms with Crippen molar-refractivity contribution in [2.45, 2.75) is 31.1 Å². The van der Waals surface area contributed by atoms with E-state index in [1.807, 2.05) is 0 Å². The second-order valence-corrected chi connectivity index (χ2v) is 10.8. The fourth-order valence-electron chi connectivity index (χ4n) is 4.31. The van der Waals surface area contributed by atoms with Gasteiger partial charge in [0.2, 0.25) is 15.9 Å². The zero-order chi connectivity index (χ0) is 27.0. The minimum atomic E-state index is -4.04. The van der Waals surface area contributed by atoms with Crippen LogP contribution in [0.3, 0.4) is 0 Å². The van der Waals surface area contributed by atoms with Crippen LogP contribution in [0.2, 0.25) is 0 Å². The molecule has 0 unspecified atom stereocenters. The van der Waals surface area contributed by atoms with Crippen LogP contribution < -0.4 is 4.31 Å². The summed E-state index contributed by atoms with van der Waals surface area (Å²) in [5.74, 6) is -1.55. The van der Waals surface area contributed by atoms with Crippen molar-refractivity contribution in [3.8, 4) is 11.5 Å². The molecule has 3 aromatic heterocycles. The summed E-state index contributed by atoms with van der Waals surface area (Å²) in [7, 11) is -4.04. The van der Waals surface area contributed by atoms with E-state index in [9.17, 15) is 31.5 Å². The van der Waals surface area contributed by atoms with Crippen LogP contribution in [-0.4, -0.2) is 62.4 Å². The van der Waals surface area contributed by atoms with E-state index in [1.165, 1.54) is 24.3 Å². The van der Waals surface area contributed by atoms with Gasteiger partial charge in [-0.25, -0.2) is 22.6 Å². The number of fused-ring (bicyclic) bond motifs is 1. The molecule has 0 atom stereocenters. The molecule has 1 aromatic carbocycles. The molecule has 38 heavy (non-hydrogen) atoms. The Morgan fingerprint density at radius 2 is 1.95 bits per heavy atom. The van der Waals surface area contributed by atoms with E-state index in [4.69, 9.17) is 4.42 Å². The number of sulfonamides is 1. The molecule has 1 amide bonds. The van der Waals surface area contributed by atoms with E-state index < -0.39 is 39.5 Å². The number of likely N-dealkylation sites (tertiary alicyclic amines) is 1. The largest absolute Gasteiger partial charge is 0.465 e. The average molecular weight is 551 g/mol. The van der Waals surface area contributed by atoms with Gasteiger partial charge >= 0.3 is 12.5 Å². The molecule has 0 aliphatic carbocycles. The fourth-order valence-corrected chi connectivity index (χ4v) is 6.20. The molecule has 0 bridgehead atoms. The zero-order valence-electron chi connectivity index (χ0n) is 19.6. The smallest absolute Gasteiger partial charge is 0.407 e. The van der Waals surface area contributed by atoms with Crippen LogP contribution in [0.4, 0.5) is 23.7 Å².